The molecule has 3 heterocycles. The molecule has 126 valence electrons. The third kappa shape index (κ3) is 2.63. The summed E-state index contributed by atoms with van der Waals surface area (Å²) in [5, 5.41) is 6.89. The lowest BCUT2D eigenvalue weighted by molar-refractivity contribution is -0.132. The average molecular weight is 320 g/mol. The van der Waals surface area contributed by atoms with E-state index in [9.17, 15) is 9.59 Å². The second-order valence-corrected chi connectivity index (χ2v) is 6.87. The molecule has 2 aliphatic heterocycles. The largest absolute Gasteiger partial charge is 0.361 e. The summed E-state index contributed by atoms with van der Waals surface area (Å²) in [4.78, 5) is 27.8. The fraction of sp³-hybridized carbons (Fsp3) is 0.688. The van der Waals surface area contributed by atoms with Crippen LogP contribution in [0.25, 0.3) is 0 Å². The molecule has 2 aliphatic rings. The number of likely N-dealkylation sites (tertiary alicyclic amines) is 1. The second kappa shape index (κ2) is 5.63. The van der Waals surface area contributed by atoms with Crippen LogP contribution in [-0.4, -0.2) is 52.6 Å². The van der Waals surface area contributed by atoms with Gasteiger partial charge in [-0.15, -0.1) is 0 Å². The van der Waals surface area contributed by atoms with Crippen molar-refractivity contribution in [2.75, 3.05) is 20.1 Å². The van der Waals surface area contributed by atoms with Gasteiger partial charge >= 0.3 is 6.03 Å². The number of aryl methyl sites for hydroxylation is 2. The summed E-state index contributed by atoms with van der Waals surface area (Å²) in [5.74, 6) is 0.825. The predicted molar refractivity (Wildman–Crippen MR) is 83.7 cm³/mol. The number of carbonyl (C=O) groups excluding carboxylic acids is 2. The summed E-state index contributed by atoms with van der Waals surface area (Å²) in [5.41, 5.74) is 1.24. The summed E-state index contributed by atoms with van der Waals surface area (Å²) in [6.07, 6.45) is 1.95. The van der Waals surface area contributed by atoms with Crippen molar-refractivity contribution in [3.05, 3.63) is 17.0 Å². The number of aromatic nitrogens is 1. The highest BCUT2D eigenvalue weighted by molar-refractivity contribution is 6.06. The van der Waals surface area contributed by atoms with E-state index in [1.807, 2.05) is 20.8 Å². The van der Waals surface area contributed by atoms with Crippen molar-refractivity contribution >= 4 is 11.9 Å². The molecule has 0 bridgehead atoms. The van der Waals surface area contributed by atoms with E-state index in [0.717, 1.165) is 49.5 Å². The molecule has 1 aromatic heterocycles. The fourth-order valence-corrected chi connectivity index (χ4v) is 3.70. The average Bonchev–Trinajstić information content (AvgIpc) is 2.94. The van der Waals surface area contributed by atoms with Crippen LogP contribution < -0.4 is 5.32 Å². The number of likely N-dealkylation sites (N-methyl/N-ethyl adjacent to an activating group) is 1. The van der Waals surface area contributed by atoms with Crippen LogP contribution in [0.2, 0.25) is 0 Å². The van der Waals surface area contributed by atoms with Crippen LogP contribution in [0.4, 0.5) is 4.79 Å². The highest BCUT2D eigenvalue weighted by Gasteiger charge is 2.51. The van der Waals surface area contributed by atoms with E-state index in [-0.39, 0.29) is 17.9 Å². The highest BCUT2D eigenvalue weighted by atomic mass is 16.5. The maximum atomic E-state index is 12.5. The Morgan fingerprint density at radius 3 is 2.70 bits per heavy atom. The van der Waals surface area contributed by atoms with Crippen molar-refractivity contribution in [1.29, 1.82) is 0 Å². The molecule has 2 atom stereocenters. The van der Waals surface area contributed by atoms with Crippen molar-refractivity contribution < 1.29 is 14.1 Å². The quantitative estimate of drug-likeness (QED) is 0.853. The van der Waals surface area contributed by atoms with E-state index in [2.05, 4.69) is 15.4 Å². The number of carbonyl (C=O) groups is 2. The van der Waals surface area contributed by atoms with E-state index < -0.39 is 5.54 Å². The van der Waals surface area contributed by atoms with Gasteiger partial charge in [-0.3, -0.25) is 14.6 Å². The Bertz CT molecular complexity index is 622. The van der Waals surface area contributed by atoms with Gasteiger partial charge in [-0.25, -0.2) is 4.79 Å². The number of rotatable bonds is 3. The molecule has 7 heteroatoms. The molecule has 3 rings (SSSR count). The monoisotopic (exact) mass is 320 g/mol. The number of amides is 3. The number of nitrogens with zero attached hydrogens (tertiary/aromatic N) is 3. The second-order valence-electron chi connectivity index (χ2n) is 6.87. The van der Waals surface area contributed by atoms with Gasteiger partial charge in [-0.2, -0.15) is 0 Å². The molecule has 2 saturated heterocycles. The first-order chi connectivity index (χ1) is 10.8. The third-order valence-corrected chi connectivity index (χ3v) is 5.31. The van der Waals surface area contributed by atoms with E-state index in [1.165, 1.54) is 11.9 Å². The number of nitrogens with one attached hydrogen (secondary N) is 1. The molecular formula is C16H24N4O3. The third-order valence-electron chi connectivity index (χ3n) is 5.31. The Labute approximate surface area is 136 Å². The van der Waals surface area contributed by atoms with Gasteiger partial charge < -0.3 is 9.84 Å². The molecule has 0 aromatic carbocycles. The molecule has 0 unspecified atom stereocenters. The molecule has 1 aromatic rings. The number of urea groups is 1. The van der Waals surface area contributed by atoms with E-state index in [0.29, 0.717) is 0 Å². The summed E-state index contributed by atoms with van der Waals surface area (Å²) >= 11 is 0. The normalized spacial score (nSPS) is 29.2. The smallest absolute Gasteiger partial charge is 0.324 e. The lowest BCUT2D eigenvalue weighted by Crippen LogP contribution is -2.55. The number of imide groups is 1. The Hall–Kier alpha value is -1.89. The zero-order valence-electron chi connectivity index (χ0n) is 14.2. The fourth-order valence-electron chi connectivity index (χ4n) is 3.70. The van der Waals surface area contributed by atoms with Gasteiger partial charge in [-0.05, 0) is 40.2 Å². The van der Waals surface area contributed by atoms with E-state index in [1.54, 1.807) is 0 Å². The minimum Gasteiger partial charge on any atom is -0.361 e. The zero-order valence-corrected chi connectivity index (χ0v) is 14.2. The SMILES string of the molecule is Cc1noc(C)c1CN1CCC[C@@H]([C@]2(C)NC(=O)N(C)C2=O)C1. The van der Waals surface area contributed by atoms with Gasteiger partial charge in [0, 0.05) is 31.6 Å². The Morgan fingerprint density at radius 1 is 1.39 bits per heavy atom. The van der Waals surface area contributed by atoms with Crippen LogP contribution in [0.3, 0.4) is 0 Å². The molecule has 2 fully saturated rings. The minimum atomic E-state index is -0.802. The highest BCUT2D eigenvalue weighted by Crippen LogP contribution is 2.32. The lowest BCUT2D eigenvalue weighted by Gasteiger charge is -2.39. The van der Waals surface area contributed by atoms with Gasteiger partial charge in [0.25, 0.3) is 5.91 Å². The first-order valence-corrected chi connectivity index (χ1v) is 8.07. The van der Waals surface area contributed by atoms with Crippen molar-refractivity contribution in [1.82, 2.24) is 20.3 Å². The van der Waals surface area contributed by atoms with Crippen LogP contribution in [0, 0.1) is 19.8 Å². The molecule has 0 spiro atoms. The molecule has 23 heavy (non-hydrogen) atoms. The van der Waals surface area contributed by atoms with Crippen LogP contribution >= 0.6 is 0 Å². The zero-order chi connectivity index (χ0) is 16.8. The summed E-state index contributed by atoms with van der Waals surface area (Å²) in [6, 6.07) is -0.305. The minimum absolute atomic E-state index is 0.109. The first-order valence-electron chi connectivity index (χ1n) is 8.07. The number of hydrogen-bond acceptors (Lipinski definition) is 5. The topological polar surface area (TPSA) is 78.7 Å². The summed E-state index contributed by atoms with van der Waals surface area (Å²) in [7, 11) is 1.54. The molecule has 1 N–H and O–H groups in total. The van der Waals surface area contributed by atoms with Crippen molar-refractivity contribution in [3.8, 4) is 0 Å². The van der Waals surface area contributed by atoms with Crippen LogP contribution in [-0.2, 0) is 11.3 Å². The molecule has 7 nitrogen and oxygen atoms in total. The first kappa shape index (κ1) is 16.0. The lowest BCUT2D eigenvalue weighted by atomic mass is 9.80. The summed E-state index contributed by atoms with van der Waals surface area (Å²) in [6.45, 7) is 8.25. The van der Waals surface area contributed by atoms with Crippen molar-refractivity contribution in [2.24, 2.45) is 5.92 Å². The van der Waals surface area contributed by atoms with Crippen LogP contribution in [0.1, 0.15) is 36.8 Å². The van der Waals surface area contributed by atoms with Gasteiger partial charge in [0.15, 0.2) is 0 Å². The molecule has 0 radical (unpaired) electrons. The Morgan fingerprint density at radius 2 is 2.13 bits per heavy atom. The Balaban J connectivity index is 1.74. The van der Waals surface area contributed by atoms with E-state index >= 15 is 0 Å². The van der Waals surface area contributed by atoms with Crippen molar-refractivity contribution in [2.45, 2.75) is 45.7 Å². The standard InChI is InChI=1S/C16H24N4O3/c1-10-13(11(2)23-18-10)9-20-7-5-6-12(8-20)16(3)14(21)19(4)15(22)17-16/h12H,5-9H2,1-4H3,(H,17,22)/t12-,16+/m1/s1. The van der Waals surface area contributed by atoms with Gasteiger partial charge in [-0.1, -0.05) is 5.16 Å². The molecule has 0 saturated carbocycles. The molecular weight excluding hydrogens is 296 g/mol. The molecule has 3 amide bonds. The maximum Gasteiger partial charge on any atom is 0.324 e. The Kier molecular flexibility index (Phi) is 3.91. The van der Waals surface area contributed by atoms with E-state index in [4.69, 9.17) is 4.52 Å². The van der Waals surface area contributed by atoms with Gasteiger partial charge in [0.2, 0.25) is 0 Å². The number of hydrogen-bond donors (Lipinski definition) is 1. The molecule has 0 aliphatic carbocycles. The van der Waals surface area contributed by atoms with Gasteiger partial charge in [0.05, 0.1) is 5.69 Å². The van der Waals surface area contributed by atoms with Gasteiger partial charge in [0.1, 0.15) is 11.3 Å². The summed E-state index contributed by atoms with van der Waals surface area (Å²) < 4.78 is 5.23. The van der Waals surface area contributed by atoms with Crippen LogP contribution in [0.5, 0.6) is 0 Å². The maximum absolute atomic E-state index is 12.5. The van der Waals surface area contributed by atoms with Crippen LogP contribution in [0.15, 0.2) is 4.52 Å². The van der Waals surface area contributed by atoms with Crippen molar-refractivity contribution in [3.63, 3.8) is 0 Å². The predicted octanol–water partition coefficient (Wildman–Crippen LogP) is 1.44. The number of piperidine rings is 1.